The highest BCUT2D eigenvalue weighted by Gasteiger charge is 2.58. The first kappa shape index (κ1) is 18.2. The van der Waals surface area contributed by atoms with Gasteiger partial charge in [0.25, 0.3) is 0 Å². The van der Waals surface area contributed by atoms with Crippen molar-refractivity contribution in [3.63, 3.8) is 0 Å². The van der Waals surface area contributed by atoms with Gasteiger partial charge in [-0.15, -0.1) is 0 Å². The molecule has 0 bridgehead atoms. The highest BCUT2D eigenvalue weighted by Crippen LogP contribution is 2.54. The average Bonchev–Trinajstić information content (AvgIpc) is 3.39. The number of likely N-dealkylation sites (tertiary alicyclic amines) is 1. The van der Waals surface area contributed by atoms with Crippen LogP contribution in [0.1, 0.15) is 30.4 Å². The van der Waals surface area contributed by atoms with E-state index < -0.39 is 5.41 Å². The number of rotatable bonds is 5. The van der Waals surface area contributed by atoms with Gasteiger partial charge in [-0.1, -0.05) is 48.0 Å². The summed E-state index contributed by atoms with van der Waals surface area (Å²) in [6.07, 6.45) is 5.74. The van der Waals surface area contributed by atoms with E-state index in [9.17, 15) is 4.79 Å². The van der Waals surface area contributed by atoms with Gasteiger partial charge >= 0.3 is 0 Å². The van der Waals surface area contributed by atoms with Crippen LogP contribution in [0.2, 0.25) is 5.02 Å². The fourth-order valence-corrected chi connectivity index (χ4v) is 4.72. The van der Waals surface area contributed by atoms with Gasteiger partial charge in [-0.05, 0) is 53.6 Å². The van der Waals surface area contributed by atoms with E-state index in [0.717, 1.165) is 35.1 Å². The number of hydrogen-bond donors (Lipinski definition) is 1. The molecule has 5 heteroatoms. The van der Waals surface area contributed by atoms with Crippen LogP contribution in [-0.2, 0) is 16.8 Å². The first-order valence-electron chi connectivity index (χ1n) is 9.85. The molecule has 1 amide bonds. The summed E-state index contributed by atoms with van der Waals surface area (Å²) in [6.45, 7) is 0.386. The molecule has 1 N–H and O–H groups in total. The Balaban J connectivity index is 1.55. The molecular formula is C24H21ClN2O2. The van der Waals surface area contributed by atoms with E-state index in [1.807, 2.05) is 48.5 Å². The van der Waals surface area contributed by atoms with Crippen molar-refractivity contribution < 1.29 is 9.21 Å². The van der Waals surface area contributed by atoms with Crippen LogP contribution in [0.5, 0.6) is 0 Å². The third kappa shape index (κ3) is 3.08. The normalized spacial score (nSPS) is 21.8. The second-order valence-corrected chi connectivity index (χ2v) is 8.42. The number of carbonyl (C=O) groups excluding carboxylic acids is 1. The van der Waals surface area contributed by atoms with E-state index in [1.165, 1.54) is 0 Å². The second-order valence-electron chi connectivity index (χ2n) is 7.98. The summed E-state index contributed by atoms with van der Waals surface area (Å²) in [5.41, 5.74) is 3.33. The largest absolute Gasteiger partial charge is 0.472 e. The lowest BCUT2D eigenvalue weighted by Crippen LogP contribution is -2.39. The molecule has 2 aliphatic rings. The maximum atomic E-state index is 13.7. The Morgan fingerprint density at radius 1 is 1.10 bits per heavy atom. The molecule has 0 radical (unpaired) electrons. The molecule has 3 aromatic rings. The zero-order chi connectivity index (χ0) is 20.0. The summed E-state index contributed by atoms with van der Waals surface area (Å²) in [5.74, 6) is 0.713. The molecule has 1 unspecified atom stereocenters. The van der Waals surface area contributed by atoms with Gasteiger partial charge in [-0.2, -0.15) is 0 Å². The van der Waals surface area contributed by atoms with Crippen LogP contribution >= 0.6 is 11.6 Å². The topological polar surface area (TPSA) is 57.3 Å². The minimum absolute atomic E-state index is 0.0365. The number of halogens is 1. The summed E-state index contributed by atoms with van der Waals surface area (Å²) in [4.78, 5) is 15.3. The Kier molecular flexibility index (Phi) is 4.32. The van der Waals surface area contributed by atoms with E-state index in [-0.39, 0.29) is 5.91 Å². The molecule has 5 rings (SSSR count). The van der Waals surface area contributed by atoms with E-state index >= 15 is 0 Å². The van der Waals surface area contributed by atoms with Crippen LogP contribution in [-0.4, -0.2) is 16.6 Å². The van der Waals surface area contributed by atoms with Crippen molar-refractivity contribution in [2.45, 2.75) is 31.2 Å². The highest BCUT2D eigenvalue weighted by atomic mass is 35.5. The first-order valence-corrected chi connectivity index (χ1v) is 10.2. The lowest BCUT2D eigenvalue weighted by molar-refractivity contribution is -0.132. The predicted octanol–water partition coefficient (Wildman–Crippen LogP) is 5.66. The number of hydrogen-bond acceptors (Lipinski definition) is 3. The van der Waals surface area contributed by atoms with Crippen LogP contribution in [0.25, 0.3) is 11.1 Å². The fourth-order valence-electron chi connectivity index (χ4n) is 4.53. The van der Waals surface area contributed by atoms with Gasteiger partial charge < -0.3 is 4.42 Å². The minimum atomic E-state index is -0.643. The second kappa shape index (κ2) is 6.89. The molecule has 1 aliphatic heterocycles. The number of amides is 1. The molecule has 1 saturated heterocycles. The molecule has 2 fully saturated rings. The third-order valence-corrected chi connectivity index (χ3v) is 6.36. The molecule has 1 aromatic heterocycles. The van der Waals surface area contributed by atoms with Gasteiger partial charge in [-0.3, -0.25) is 15.1 Å². The van der Waals surface area contributed by atoms with Gasteiger partial charge in [0.2, 0.25) is 5.91 Å². The summed E-state index contributed by atoms with van der Waals surface area (Å²) >= 11 is 6.18. The molecule has 1 atom stereocenters. The quantitative estimate of drug-likeness (QED) is 0.596. The van der Waals surface area contributed by atoms with Gasteiger partial charge in [0.15, 0.2) is 0 Å². The van der Waals surface area contributed by atoms with E-state index in [0.29, 0.717) is 29.7 Å². The Hall–Kier alpha value is -2.85. The number of nitrogens with one attached hydrogen (secondary N) is 1. The van der Waals surface area contributed by atoms with Crippen molar-refractivity contribution >= 4 is 23.3 Å². The molecule has 0 spiro atoms. The van der Waals surface area contributed by atoms with Crippen molar-refractivity contribution in [2.24, 2.45) is 5.92 Å². The number of nitrogens with zero attached hydrogens (tertiary/aromatic N) is 1. The zero-order valence-electron chi connectivity index (χ0n) is 15.9. The zero-order valence-corrected chi connectivity index (χ0v) is 16.7. The van der Waals surface area contributed by atoms with Gasteiger partial charge in [0.05, 0.1) is 24.5 Å². The van der Waals surface area contributed by atoms with Crippen LogP contribution in [0.4, 0.5) is 0 Å². The lowest BCUT2D eigenvalue weighted by Gasteiger charge is -2.28. The molecule has 1 saturated carbocycles. The molecule has 2 aromatic carbocycles. The summed E-state index contributed by atoms with van der Waals surface area (Å²) in [7, 11) is 0. The monoisotopic (exact) mass is 404 g/mol. The van der Waals surface area contributed by atoms with Crippen LogP contribution in [0.15, 0.2) is 71.5 Å². The number of furan rings is 1. The molecule has 29 heavy (non-hydrogen) atoms. The highest BCUT2D eigenvalue weighted by molar-refractivity contribution is 6.30. The van der Waals surface area contributed by atoms with E-state index in [4.69, 9.17) is 21.4 Å². The Morgan fingerprint density at radius 2 is 1.86 bits per heavy atom. The SMILES string of the molecule is N=C1CC(c2cccc(-c3cccc(Cl)c3)c2)(C2CC2)C(=O)N1Cc1ccoc1. The van der Waals surface area contributed by atoms with Crippen molar-refractivity contribution in [3.05, 3.63) is 83.3 Å². The standard InChI is InChI=1S/C24H21ClN2O2/c25-21-6-2-4-18(12-21)17-3-1-5-20(11-17)24(19-7-8-19)13-22(26)27(23(24)28)14-16-9-10-29-15-16/h1-6,9-12,15,19,26H,7-8,13-14H2. The fraction of sp³-hybridized carbons (Fsp3) is 0.250. The predicted molar refractivity (Wildman–Crippen MR) is 113 cm³/mol. The molecular weight excluding hydrogens is 384 g/mol. The van der Waals surface area contributed by atoms with Crippen molar-refractivity contribution in [3.8, 4) is 11.1 Å². The number of carbonyl (C=O) groups is 1. The van der Waals surface area contributed by atoms with Crippen molar-refractivity contribution in [1.29, 1.82) is 5.41 Å². The molecule has 2 heterocycles. The average molecular weight is 405 g/mol. The third-order valence-electron chi connectivity index (χ3n) is 6.13. The maximum Gasteiger partial charge on any atom is 0.239 e. The molecule has 146 valence electrons. The van der Waals surface area contributed by atoms with Gasteiger partial charge in [0.1, 0.15) is 5.84 Å². The van der Waals surface area contributed by atoms with Gasteiger partial charge in [0, 0.05) is 17.0 Å². The van der Waals surface area contributed by atoms with Crippen LogP contribution in [0, 0.1) is 11.3 Å². The minimum Gasteiger partial charge on any atom is -0.472 e. The Labute approximate surface area is 174 Å². The van der Waals surface area contributed by atoms with Gasteiger partial charge in [-0.25, -0.2) is 0 Å². The lowest BCUT2D eigenvalue weighted by atomic mass is 9.73. The van der Waals surface area contributed by atoms with Crippen LogP contribution in [0.3, 0.4) is 0 Å². The smallest absolute Gasteiger partial charge is 0.239 e. The number of benzene rings is 2. The first-order chi connectivity index (χ1) is 14.1. The number of amidine groups is 1. The summed E-state index contributed by atoms with van der Waals surface area (Å²) in [6, 6.07) is 17.8. The van der Waals surface area contributed by atoms with E-state index in [1.54, 1.807) is 17.4 Å². The van der Waals surface area contributed by atoms with Crippen molar-refractivity contribution in [1.82, 2.24) is 4.90 Å². The summed E-state index contributed by atoms with van der Waals surface area (Å²) in [5, 5.41) is 9.26. The Bertz CT molecular complexity index is 1090. The van der Waals surface area contributed by atoms with Crippen molar-refractivity contribution in [2.75, 3.05) is 0 Å². The van der Waals surface area contributed by atoms with E-state index in [2.05, 4.69) is 6.07 Å². The molecule has 1 aliphatic carbocycles. The maximum absolute atomic E-state index is 13.7. The Morgan fingerprint density at radius 3 is 2.55 bits per heavy atom. The summed E-state index contributed by atoms with van der Waals surface area (Å²) < 4.78 is 5.15. The molecule has 4 nitrogen and oxygen atoms in total. The van der Waals surface area contributed by atoms with Crippen LogP contribution < -0.4 is 0 Å².